The molecule has 1 aliphatic rings. The standard InChI is InChI=1S/C26H30N4O2S/c1-17-10-8-13-21(18(17)2)29-22(23-14-9-15-32-23)16-33-26(29)27-24-19(3)28(4)30(25(24)31)20-11-6-5-7-12-20/h5-7,9,11-12,14-18,21H,8,10,13H2,1-4H3. The van der Waals surface area contributed by atoms with Gasteiger partial charge in [-0.25, -0.2) is 9.67 Å². The number of thiazole rings is 1. The van der Waals surface area contributed by atoms with E-state index in [1.54, 1.807) is 22.3 Å². The van der Waals surface area contributed by atoms with Crippen molar-refractivity contribution in [2.75, 3.05) is 0 Å². The Morgan fingerprint density at radius 1 is 1.09 bits per heavy atom. The minimum atomic E-state index is -0.106. The lowest BCUT2D eigenvalue weighted by Crippen LogP contribution is -2.32. The largest absolute Gasteiger partial charge is 0.463 e. The number of para-hydroxylation sites is 1. The first-order chi connectivity index (χ1) is 16.0. The van der Waals surface area contributed by atoms with Gasteiger partial charge in [-0.15, -0.1) is 11.3 Å². The van der Waals surface area contributed by atoms with E-state index in [1.807, 2.05) is 61.1 Å². The molecule has 3 atom stereocenters. The number of benzene rings is 1. The highest BCUT2D eigenvalue weighted by Crippen LogP contribution is 2.39. The number of rotatable bonds is 4. The van der Waals surface area contributed by atoms with Crippen LogP contribution in [0.3, 0.4) is 0 Å². The third-order valence-corrected chi connectivity index (χ3v) is 8.08. The molecule has 172 valence electrons. The predicted octanol–water partition coefficient (Wildman–Crippen LogP) is 5.84. The summed E-state index contributed by atoms with van der Waals surface area (Å²) in [5.41, 5.74) is 3.09. The zero-order chi connectivity index (χ0) is 23.1. The van der Waals surface area contributed by atoms with Crippen molar-refractivity contribution in [2.24, 2.45) is 23.9 Å². The highest BCUT2D eigenvalue weighted by molar-refractivity contribution is 7.07. The van der Waals surface area contributed by atoms with Gasteiger partial charge in [0.15, 0.2) is 16.2 Å². The molecule has 0 saturated heterocycles. The van der Waals surface area contributed by atoms with Gasteiger partial charge in [0.25, 0.3) is 5.56 Å². The first-order valence-corrected chi connectivity index (χ1v) is 12.5. The van der Waals surface area contributed by atoms with E-state index < -0.39 is 0 Å². The van der Waals surface area contributed by atoms with Crippen molar-refractivity contribution in [1.82, 2.24) is 13.9 Å². The van der Waals surface area contributed by atoms with Crippen LogP contribution in [0.25, 0.3) is 17.1 Å². The fourth-order valence-corrected chi connectivity index (χ4v) is 5.96. The van der Waals surface area contributed by atoms with Gasteiger partial charge in [0.05, 0.1) is 23.3 Å². The molecule has 3 unspecified atom stereocenters. The van der Waals surface area contributed by atoms with E-state index in [-0.39, 0.29) is 5.56 Å². The van der Waals surface area contributed by atoms with Crippen molar-refractivity contribution in [3.63, 3.8) is 0 Å². The monoisotopic (exact) mass is 462 g/mol. The molecule has 33 heavy (non-hydrogen) atoms. The molecule has 0 radical (unpaired) electrons. The molecule has 6 nitrogen and oxygen atoms in total. The number of nitrogens with zero attached hydrogens (tertiary/aromatic N) is 4. The molecule has 0 spiro atoms. The van der Waals surface area contributed by atoms with Crippen LogP contribution in [0.5, 0.6) is 0 Å². The van der Waals surface area contributed by atoms with Gasteiger partial charge in [0, 0.05) is 18.5 Å². The lowest BCUT2D eigenvalue weighted by Gasteiger charge is -2.35. The Balaban J connectivity index is 1.71. The van der Waals surface area contributed by atoms with Crippen LogP contribution in [0.1, 0.15) is 44.8 Å². The molecule has 3 aromatic heterocycles. The van der Waals surface area contributed by atoms with Crippen LogP contribution in [0, 0.1) is 18.8 Å². The molecule has 1 fully saturated rings. The maximum Gasteiger partial charge on any atom is 0.297 e. The van der Waals surface area contributed by atoms with E-state index in [0.717, 1.165) is 34.1 Å². The van der Waals surface area contributed by atoms with E-state index >= 15 is 0 Å². The summed E-state index contributed by atoms with van der Waals surface area (Å²) in [6.45, 7) is 6.63. The summed E-state index contributed by atoms with van der Waals surface area (Å²) >= 11 is 1.57. The Kier molecular flexibility index (Phi) is 5.74. The molecular formula is C26H30N4O2S. The SMILES string of the molecule is Cc1c(N=c2scc(-c3ccco3)n2C2CCCC(C)C2C)c(=O)n(-c2ccccc2)n1C. The summed E-state index contributed by atoms with van der Waals surface area (Å²) in [7, 11) is 1.91. The molecular weight excluding hydrogens is 432 g/mol. The second kappa shape index (κ2) is 8.71. The van der Waals surface area contributed by atoms with Crippen molar-refractivity contribution in [3.05, 3.63) is 75.0 Å². The molecule has 0 amide bonds. The van der Waals surface area contributed by atoms with E-state index in [1.165, 1.54) is 12.8 Å². The molecule has 7 heteroatoms. The molecule has 1 aliphatic carbocycles. The first-order valence-electron chi connectivity index (χ1n) is 11.6. The minimum Gasteiger partial charge on any atom is -0.463 e. The Bertz CT molecular complexity index is 1370. The highest BCUT2D eigenvalue weighted by Gasteiger charge is 2.31. The first kappa shape index (κ1) is 21.8. The number of hydrogen-bond donors (Lipinski definition) is 0. The average Bonchev–Trinajstić information content (AvgIpc) is 3.53. The van der Waals surface area contributed by atoms with Crippen LogP contribution in [-0.4, -0.2) is 13.9 Å². The third kappa shape index (κ3) is 3.74. The van der Waals surface area contributed by atoms with Gasteiger partial charge in [-0.2, -0.15) is 0 Å². The van der Waals surface area contributed by atoms with Crippen molar-refractivity contribution < 1.29 is 4.42 Å². The van der Waals surface area contributed by atoms with Crippen molar-refractivity contribution in [2.45, 2.75) is 46.1 Å². The fourth-order valence-electron chi connectivity index (χ4n) is 5.02. The summed E-state index contributed by atoms with van der Waals surface area (Å²) < 4.78 is 11.7. The molecule has 4 aromatic rings. The lowest BCUT2D eigenvalue weighted by atomic mass is 9.78. The Morgan fingerprint density at radius 2 is 1.88 bits per heavy atom. The number of hydrogen-bond acceptors (Lipinski definition) is 4. The molecule has 0 N–H and O–H groups in total. The number of aromatic nitrogens is 3. The van der Waals surface area contributed by atoms with Crippen LogP contribution in [0.15, 0.2) is 68.3 Å². The quantitative estimate of drug-likeness (QED) is 0.383. The summed E-state index contributed by atoms with van der Waals surface area (Å²) in [6, 6.07) is 13.9. The molecule has 1 aromatic carbocycles. The summed E-state index contributed by atoms with van der Waals surface area (Å²) in [5, 5.41) is 2.11. The van der Waals surface area contributed by atoms with Gasteiger partial charge in [0.1, 0.15) is 0 Å². The topological polar surface area (TPSA) is 57.4 Å². The van der Waals surface area contributed by atoms with E-state index in [0.29, 0.717) is 23.6 Å². The van der Waals surface area contributed by atoms with Gasteiger partial charge in [-0.1, -0.05) is 44.9 Å². The fraction of sp³-hybridized carbons (Fsp3) is 0.385. The zero-order valence-electron chi connectivity index (χ0n) is 19.6. The Labute approximate surface area is 197 Å². The lowest BCUT2D eigenvalue weighted by molar-refractivity contribution is 0.185. The summed E-state index contributed by atoms with van der Waals surface area (Å²) in [6.07, 6.45) is 5.26. The van der Waals surface area contributed by atoms with Gasteiger partial charge in [-0.3, -0.25) is 9.48 Å². The van der Waals surface area contributed by atoms with Crippen LogP contribution in [-0.2, 0) is 7.05 Å². The smallest absolute Gasteiger partial charge is 0.297 e. The van der Waals surface area contributed by atoms with Crippen LogP contribution in [0.2, 0.25) is 0 Å². The van der Waals surface area contributed by atoms with Crippen molar-refractivity contribution in [1.29, 1.82) is 0 Å². The van der Waals surface area contributed by atoms with Crippen LogP contribution in [0.4, 0.5) is 5.69 Å². The molecule has 0 bridgehead atoms. The van der Waals surface area contributed by atoms with Gasteiger partial charge in [0.2, 0.25) is 0 Å². The maximum atomic E-state index is 13.5. The second-order valence-corrected chi connectivity index (χ2v) is 9.94. The highest BCUT2D eigenvalue weighted by atomic mass is 32.1. The van der Waals surface area contributed by atoms with E-state index in [2.05, 4.69) is 23.8 Å². The Morgan fingerprint density at radius 3 is 2.61 bits per heavy atom. The van der Waals surface area contributed by atoms with E-state index in [9.17, 15) is 4.79 Å². The Hall–Kier alpha value is -3.06. The maximum absolute atomic E-state index is 13.5. The van der Waals surface area contributed by atoms with E-state index in [4.69, 9.17) is 9.41 Å². The van der Waals surface area contributed by atoms with Crippen LogP contribution >= 0.6 is 11.3 Å². The van der Waals surface area contributed by atoms with Crippen molar-refractivity contribution >= 4 is 17.0 Å². The molecule has 0 aliphatic heterocycles. The normalized spacial score (nSPS) is 21.6. The average molecular weight is 463 g/mol. The third-order valence-electron chi connectivity index (χ3n) is 7.24. The summed E-state index contributed by atoms with van der Waals surface area (Å²) in [5.74, 6) is 1.99. The van der Waals surface area contributed by atoms with Crippen LogP contribution < -0.4 is 10.4 Å². The molecule has 5 rings (SSSR count). The minimum absolute atomic E-state index is 0.106. The number of furan rings is 1. The predicted molar refractivity (Wildman–Crippen MR) is 132 cm³/mol. The molecule has 1 saturated carbocycles. The molecule has 3 heterocycles. The summed E-state index contributed by atoms with van der Waals surface area (Å²) in [4.78, 5) is 19.3. The van der Waals surface area contributed by atoms with Gasteiger partial charge in [-0.05, 0) is 49.4 Å². The second-order valence-electron chi connectivity index (χ2n) is 9.11. The van der Waals surface area contributed by atoms with Gasteiger partial charge < -0.3 is 8.98 Å². The van der Waals surface area contributed by atoms with Gasteiger partial charge >= 0.3 is 0 Å². The van der Waals surface area contributed by atoms with Crippen molar-refractivity contribution in [3.8, 4) is 17.1 Å². The zero-order valence-corrected chi connectivity index (χ0v) is 20.4.